The summed E-state index contributed by atoms with van der Waals surface area (Å²) in [5, 5.41) is 2.88. The number of hydrogen-bond acceptors (Lipinski definition) is 4. The molecule has 0 unspecified atom stereocenters. The summed E-state index contributed by atoms with van der Waals surface area (Å²) in [5.74, 6) is -3.12. The molecule has 0 saturated carbocycles. The van der Waals surface area contributed by atoms with Crippen molar-refractivity contribution in [2.75, 3.05) is 16.8 Å². The number of halogens is 2. The Balaban J connectivity index is 1.56. The maximum absolute atomic E-state index is 13.9. The highest BCUT2D eigenvalue weighted by atomic mass is 35.5. The summed E-state index contributed by atoms with van der Waals surface area (Å²) < 4.78 is 13.7. The highest BCUT2D eigenvalue weighted by Gasteiger charge is 2.74. The lowest BCUT2D eigenvalue weighted by Crippen LogP contribution is -2.54. The minimum atomic E-state index is -1.22. The SMILES string of the molecule is Cc1ccc2c(c1C)NC(=O)[C@@]21[C@@H]2C(=O)N(c3ccc(F)c(Cl)c3)C(=O)[C@H]2[C@@H]2CCCN21. The summed E-state index contributed by atoms with van der Waals surface area (Å²) >= 11 is 5.94. The van der Waals surface area contributed by atoms with Gasteiger partial charge in [-0.3, -0.25) is 19.3 Å². The average molecular weight is 454 g/mol. The van der Waals surface area contributed by atoms with Crippen LogP contribution in [0.1, 0.15) is 29.5 Å². The molecule has 1 spiro atoms. The number of imide groups is 1. The first kappa shape index (κ1) is 19.9. The molecule has 0 bridgehead atoms. The van der Waals surface area contributed by atoms with Crippen molar-refractivity contribution in [3.05, 3.63) is 57.9 Å². The molecular weight excluding hydrogens is 433 g/mol. The van der Waals surface area contributed by atoms with Gasteiger partial charge < -0.3 is 5.32 Å². The molecule has 2 aromatic rings. The van der Waals surface area contributed by atoms with E-state index >= 15 is 0 Å². The van der Waals surface area contributed by atoms with Crippen LogP contribution in [0, 0.1) is 31.5 Å². The first-order valence-electron chi connectivity index (χ1n) is 10.8. The molecule has 4 aliphatic heterocycles. The van der Waals surface area contributed by atoms with Crippen molar-refractivity contribution >= 4 is 40.7 Å². The first-order chi connectivity index (χ1) is 15.3. The van der Waals surface area contributed by atoms with Gasteiger partial charge in [0.25, 0.3) is 0 Å². The highest BCUT2D eigenvalue weighted by Crippen LogP contribution is 2.61. The normalized spacial score (nSPS) is 30.8. The lowest BCUT2D eigenvalue weighted by Gasteiger charge is -2.36. The molecule has 0 aliphatic carbocycles. The number of amides is 3. The number of aryl methyl sites for hydroxylation is 1. The Labute approximate surface area is 189 Å². The molecule has 1 N–H and O–H groups in total. The number of benzene rings is 2. The molecule has 2 aromatic carbocycles. The number of carbonyl (C=O) groups excluding carboxylic acids is 3. The Morgan fingerprint density at radius 3 is 2.66 bits per heavy atom. The molecule has 8 heteroatoms. The molecule has 4 atom stereocenters. The Kier molecular flexibility index (Phi) is 3.97. The Bertz CT molecular complexity index is 1250. The summed E-state index contributed by atoms with van der Waals surface area (Å²) in [7, 11) is 0. The molecule has 0 radical (unpaired) electrons. The molecule has 4 heterocycles. The van der Waals surface area contributed by atoms with Crippen LogP contribution in [0.3, 0.4) is 0 Å². The maximum Gasteiger partial charge on any atom is 0.250 e. The van der Waals surface area contributed by atoms with Gasteiger partial charge >= 0.3 is 0 Å². The molecule has 3 fully saturated rings. The van der Waals surface area contributed by atoms with Crippen molar-refractivity contribution in [2.45, 2.75) is 38.3 Å². The van der Waals surface area contributed by atoms with E-state index in [0.717, 1.165) is 46.2 Å². The van der Waals surface area contributed by atoms with E-state index in [9.17, 15) is 18.8 Å². The lowest BCUT2D eigenvalue weighted by atomic mass is 9.75. The van der Waals surface area contributed by atoms with Crippen molar-refractivity contribution < 1.29 is 18.8 Å². The van der Waals surface area contributed by atoms with Crippen molar-refractivity contribution in [1.29, 1.82) is 0 Å². The van der Waals surface area contributed by atoms with E-state index in [1.807, 2.05) is 26.0 Å². The Morgan fingerprint density at radius 1 is 1.12 bits per heavy atom. The predicted octanol–water partition coefficient (Wildman–Crippen LogP) is 3.53. The number of rotatable bonds is 1. The number of hydrogen-bond donors (Lipinski definition) is 1. The van der Waals surface area contributed by atoms with E-state index in [2.05, 4.69) is 10.2 Å². The molecule has 6 nitrogen and oxygen atoms in total. The largest absolute Gasteiger partial charge is 0.324 e. The molecule has 3 saturated heterocycles. The van der Waals surface area contributed by atoms with Gasteiger partial charge in [-0.15, -0.1) is 0 Å². The van der Waals surface area contributed by atoms with E-state index in [4.69, 9.17) is 11.6 Å². The summed E-state index contributed by atoms with van der Waals surface area (Å²) in [6.45, 7) is 4.59. The topological polar surface area (TPSA) is 69.7 Å². The van der Waals surface area contributed by atoms with Gasteiger partial charge in [0.1, 0.15) is 11.4 Å². The van der Waals surface area contributed by atoms with Crippen LogP contribution in [-0.4, -0.2) is 35.2 Å². The van der Waals surface area contributed by atoms with Crippen LogP contribution in [0.5, 0.6) is 0 Å². The maximum atomic E-state index is 13.9. The second-order valence-corrected chi connectivity index (χ2v) is 9.57. The van der Waals surface area contributed by atoms with E-state index in [1.54, 1.807) is 0 Å². The second kappa shape index (κ2) is 6.39. The number of anilines is 2. The Hall–Kier alpha value is -2.77. The molecule has 3 amide bonds. The average Bonchev–Trinajstić information content (AvgIpc) is 3.46. The van der Waals surface area contributed by atoms with Crippen molar-refractivity contribution in [1.82, 2.24) is 4.90 Å². The van der Waals surface area contributed by atoms with E-state index in [-0.39, 0.29) is 28.6 Å². The van der Waals surface area contributed by atoms with Gasteiger partial charge in [0.2, 0.25) is 17.7 Å². The van der Waals surface area contributed by atoms with E-state index in [0.29, 0.717) is 6.54 Å². The monoisotopic (exact) mass is 453 g/mol. The number of carbonyl (C=O) groups is 3. The van der Waals surface area contributed by atoms with Crippen LogP contribution >= 0.6 is 11.6 Å². The number of fused-ring (bicyclic) bond motifs is 7. The van der Waals surface area contributed by atoms with Crippen LogP contribution in [-0.2, 0) is 19.9 Å². The second-order valence-electron chi connectivity index (χ2n) is 9.17. The van der Waals surface area contributed by atoms with E-state index in [1.165, 1.54) is 12.1 Å². The van der Waals surface area contributed by atoms with Gasteiger partial charge in [-0.1, -0.05) is 23.7 Å². The van der Waals surface area contributed by atoms with Gasteiger partial charge in [-0.2, -0.15) is 0 Å². The van der Waals surface area contributed by atoms with Gasteiger partial charge in [-0.25, -0.2) is 9.29 Å². The summed E-state index contributed by atoms with van der Waals surface area (Å²) in [6, 6.07) is 7.51. The standard InChI is InChI=1S/C24H21ClFN3O3/c1-11-5-7-14-20(12(11)2)27-23(32)24(14)19-18(17-4-3-9-28(17)24)21(30)29(22(19)31)13-6-8-16(26)15(25)10-13/h5-8,10,17-19H,3-4,9H2,1-2H3,(H,27,32)/t17-,18-,19-,24-/m0/s1. The molecule has 32 heavy (non-hydrogen) atoms. The molecule has 0 aromatic heterocycles. The third-order valence-corrected chi connectivity index (χ3v) is 8.15. The lowest BCUT2D eigenvalue weighted by molar-refractivity contribution is -0.135. The minimum Gasteiger partial charge on any atom is -0.324 e. The fraction of sp³-hybridized carbons (Fsp3) is 0.375. The van der Waals surface area contributed by atoms with Crippen molar-refractivity contribution in [2.24, 2.45) is 11.8 Å². The zero-order valence-corrected chi connectivity index (χ0v) is 18.4. The van der Waals surface area contributed by atoms with Gasteiger partial charge in [0, 0.05) is 17.3 Å². The smallest absolute Gasteiger partial charge is 0.250 e. The summed E-state index contributed by atoms with van der Waals surface area (Å²) in [4.78, 5) is 44.4. The van der Waals surface area contributed by atoms with Gasteiger partial charge in [-0.05, 0) is 62.6 Å². The molecule has 6 rings (SSSR count). The van der Waals surface area contributed by atoms with Crippen LogP contribution < -0.4 is 10.2 Å². The quantitative estimate of drug-likeness (QED) is 0.671. The third-order valence-electron chi connectivity index (χ3n) is 7.86. The van der Waals surface area contributed by atoms with Crippen LogP contribution in [0.25, 0.3) is 0 Å². The van der Waals surface area contributed by atoms with E-state index < -0.39 is 29.1 Å². The number of nitrogens with one attached hydrogen (secondary N) is 1. The first-order valence-corrected chi connectivity index (χ1v) is 11.2. The van der Waals surface area contributed by atoms with Crippen LogP contribution in [0.4, 0.5) is 15.8 Å². The fourth-order valence-corrected chi connectivity index (χ4v) is 6.57. The van der Waals surface area contributed by atoms with Gasteiger partial charge in [0.05, 0.1) is 22.5 Å². The molecule has 164 valence electrons. The number of nitrogens with zero attached hydrogens (tertiary/aromatic N) is 2. The van der Waals surface area contributed by atoms with Crippen LogP contribution in [0.2, 0.25) is 5.02 Å². The third kappa shape index (κ3) is 2.16. The summed E-state index contributed by atoms with van der Waals surface area (Å²) in [5.41, 5.74) is 2.54. The van der Waals surface area contributed by atoms with Gasteiger partial charge in [0.15, 0.2) is 0 Å². The highest BCUT2D eigenvalue weighted by molar-refractivity contribution is 6.32. The zero-order valence-electron chi connectivity index (χ0n) is 17.6. The summed E-state index contributed by atoms with van der Waals surface area (Å²) in [6.07, 6.45) is 1.60. The molecule has 4 aliphatic rings. The predicted molar refractivity (Wildman–Crippen MR) is 117 cm³/mol. The fourth-order valence-electron chi connectivity index (χ4n) is 6.40. The molecular formula is C24H21ClFN3O3. The van der Waals surface area contributed by atoms with Crippen LogP contribution in [0.15, 0.2) is 30.3 Å². The zero-order chi connectivity index (χ0) is 22.5. The van der Waals surface area contributed by atoms with Crippen molar-refractivity contribution in [3.8, 4) is 0 Å². The Morgan fingerprint density at radius 2 is 1.91 bits per heavy atom. The van der Waals surface area contributed by atoms with Crippen molar-refractivity contribution in [3.63, 3.8) is 0 Å². The minimum absolute atomic E-state index is 0.160.